The van der Waals surface area contributed by atoms with Crippen molar-refractivity contribution in [2.24, 2.45) is 0 Å². The molecule has 0 aliphatic heterocycles. The third-order valence-corrected chi connectivity index (χ3v) is 3.37. The average Bonchev–Trinajstić information content (AvgIpc) is 2.60. The molecule has 2 N–H and O–H groups in total. The molecule has 0 fully saturated rings. The van der Waals surface area contributed by atoms with Gasteiger partial charge in [0.1, 0.15) is 6.61 Å². The second kappa shape index (κ2) is 10.0. The molecule has 2 rings (SSSR count). The smallest absolute Gasteiger partial charge is 0.411 e. The van der Waals surface area contributed by atoms with E-state index < -0.39 is 6.09 Å². The minimum Gasteiger partial charge on any atom is -0.447 e. The van der Waals surface area contributed by atoms with E-state index >= 15 is 0 Å². The minimum absolute atomic E-state index is 0.169. The molecule has 0 aliphatic rings. The van der Waals surface area contributed by atoms with Gasteiger partial charge in [0, 0.05) is 24.6 Å². The highest BCUT2D eigenvalue weighted by atomic mass is 16.6. The van der Waals surface area contributed by atoms with E-state index in [1.807, 2.05) is 31.2 Å². The molecule has 26 heavy (non-hydrogen) atoms. The Labute approximate surface area is 152 Å². The summed E-state index contributed by atoms with van der Waals surface area (Å²) in [4.78, 5) is 23.7. The van der Waals surface area contributed by atoms with Crippen molar-refractivity contribution in [3.8, 4) is 0 Å². The molecule has 2 aromatic rings. The Morgan fingerprint density at radius 1 is 1.00 bits per heavy atom. The normalized spacial score (nSPS) is 10.5. The number of benzene rings is 2. The number of amides is 2. The SMILES string of the molecule is COCCOC(=O)Nc1cccc(NC(=O)/C=C/c2cccc(C)c2)c1. The van der Waals surface area contributed by atoms with E-state index in [2.05, 4.69) is 10.6 Å². The fraction of sp³-hybridized carbons (Fsp3) is 0.200. The Hall–Kier alpha value is -3.12. The standard InChI is InChI=1S/C20H22N2O4/c1-15-5-3-6-16(13-15)9-10-19(23)21-17-7-4-8-18(14-17)22-20(24)26-12-11-25-2/h3-10,13-14H,11-12H2,1-2H3,(H,21,23)(H,22,24)/b10-9+. The monoisotopic (exact) mass is 354 g/mol. The second-order valence-electron chi connectivity index (χ2n) is 5.57. The van der Waals surface area contributed by atoms with E-state index in [-0.39, 0.29) is 12.5 Å². The lowest BCUT2D eigenvalue weighted by atomic mass is 10.1. The first-order chi connectivity index (χ1) is 12.6. The van der Waals surface area contributed by atoms with Crippen molar-refractivity contribution in [2.45, 2.75) is 6.92 Å². The minimum atomic E-state index is -0.579. The lowest BCUT2D eigenvalue weighted by Gasteiger charge is -2.08. The maximum Gasteiger partial charge on any atom is 0.411 e. The summed E-state index contributed by atoms with van der Waals surface area (Å²) in [6.07, 6.45) is 2.63. The van der Waals surface area contributed by atoms with Gasteiger partial charge in [0.25, 0.3) is 0 Å². The summed E-state index contributed by atoms with van der Waals surface area (Å²) in [5.74, 6) is -0.258. The topological polar surface area (TPSA) is 76.7 Å². The predicted molar refractivity (Wildman–Crippen MR) is 102 cm³/mol. The summed E-state index contributed by atoms with van der Waals surface area (Å²) in [7, 11) is 1.53. The van der Waals surface area contributed by atoms with E-state index in [4.69, 9.17) is 9.47 Å². The van der Waals surface area contributed by atoms with Gasteiger partial charge in [-0.05, 0) is 36.8 Å². The quantitative estimate of drug-likeness (QED) is 0.585. The Morgan fingerprint density at radius 3 is 2.46 bits per heavy atom. The molecule has 0 bridgehead atoms. The number of hydrogen-bond acceptors (Lipinski definition) is 4. The second-order valence-corrected chi connectivity index (χ2v) is 5.57. The zero-order valence-corrected chi connectivity index (χ0v) is 14.8. The number of aryl methyl sites for hydroxylation is 1. The lowest BCUT2D eigenvalue weighted by Crippen LogP contribution is -2.16. The zero-order valence-electron chi connectivity index (χ0n) is 14.8. The van der Waals surface area contributed by atoms with E-state index in [9.17, 15) is 9.59 Å². The number of carbonyl (C=O) groups is 2. The van der Waals surface area contributed by atoms with Crippen LogP contribution in [-0.2, 0) is 14.3 Å². The highest BCUT2D eigenvalue weighted by Crippen LogP contribution is 2.15. The fourth-order valence-corrected chi connectivity index (χ4v) is 2.18. The first-order valence-electron chi connectivity index (χ1n) is 8.15. The van der Waals surface area contributed by atoms with Gasteiger partial charge in [-0.2, -0.15) is 0 Å². The molecule has 0 heterocycles. The van der Waals surface area contributed by atoms with Crippen molar-refractivity contribution in [3.63, 3.8) is 0 Å². The van der Waals surface area contributed by atoms with Crippen LogP contribution in [0.15, 0.2) is 54.6 Å². The van der Waals surface area contributed by atoms with Gasteiger partial charge in [-0.1, -0.05) is 35.9 Å². The summed E-state index contributed by atoms with van der Waals surface area (Å²) < 4.78 is 9.74. The number of nitrogens with one attached hydrogen (secondary N) is 2. The molecule has 0 radical (unpaired) electrons. The van der Waals surface area contributed by atoms with Crippen LogP contribution >= 0.6 is 0 Å². The fourth-order valence-electron chi connectivity index (χ4n) is 2.18. The molecule has 2 aromatic carbocycles. The molecule has 136 valence electrons. The van der Waals surface area contributed by atoms with Gasteiger partial charge >= 0.3 is 6.09 Å². The van der Waals surface area contributed by atoms with Gasteiger partial charge in [0.2, 0.25) is 5.91 Å². The molecule has 2 amide bonds. The van der Waals surface area contributed by atoms with Gasteiger partial charge in [-0.25, -0.2) is 4.79 Å². The van der Waals surface area contributed by atoms with Crippen LogP contribution in [0.3, 0.4) is 0 Å². The van der Waals surface area contributed by atoms with Crippen LogP contribution in [0.4, 0.5) is 16.2 Å². The van der Waals surface area contributed by atoms with Crippen LogP contribution in [0.2, 0.25) is 0 Å². The summed E-state index contributed by atoms with van der Waals surface area (Å²) in [6, 6.07) is 14.7. The summed E-state index contributed by atoms with van der Waals surface area (Å²) in [5.41, 5.74) is 3.17. The number of ether oxygens (including phenoxy) is 2. The summed E-state index contributed by atoms with van der Waals surface area (Å²) in [6.45, 7) is 2.50. The molecule has 0 saturated carbocycles. The largest absolute Gasteiger partial charge is 0.447 e. The number of rotatable bonds is 7. The van der Waals surface area contributed by atoms with Crippen LogP contribution in [0, 0.1) is 6.92 Å². The Kier molecular flexibility index (Phi) is 7.39. The van der Waals surface area contributed by atoms with E-state index in [0.29, 0.717) is 18.0 Å². The average molecular weight is 354 g/mol. The van der Waals surface area contributed by atoms with E-state index in [1.54, 1.807) is 30.3 Å². The number of hydrogen-bond donors (Lipinski definition) is 2. The summed E-state index contributed by atoms with van der Waals surface area (Å²) >= 11 is 0. The van der Waals surface area contributed by atoms with Crippen molar-refractivity contribution < 1.29 is 19.1 Å². The van der Waals surface area contributed by atoms with Gasteiger partial charge in [-0.15, -0.1) is 0 Å². The van der Waals surface area contributed by atoms with Gasteiger partial charge < -0.3 is 14.8 Å². The van der Waals surface area contributed by atoms with Gasteiger partial charge in [0.15, 0.2) is 0 Å². The molecular formula is C20H22N2O4. The van der Waals surface area contributed by atoms with Gasteiger partial charge in [-0.3, -0.25) is 10.1 Å². The van der Waals surface area contributed by atoms with Crippen LogP contribution in [0.25, 0.3) is 6.08 Å². The van der Waals surface area contributed by atoms with Crippen molar-refractivity contribution in [3.05, 3.63) is 65.7 Å². The molecule has 0 aliphatic carbocycles. The third-order valence-electron chi connectivity index (χ3n) is 3.37. The molecule has 6 nitrogen and oxygen atoms in total. The van der Waals surface area contributed by atoms with Gasteiger partial charge in [0.05, 0.1) is 6.61 Å². The van der Waals surface area contributed by atoms with Crippen molar-refractivity contribution >= 4 is 29.5 Å². The Morgan fingerprint density at radius 2 is 1.73 bits per heavy atom. The highest BCUT2D eigenvalue weighted by molar-refractivity contribution is 6.02. The van der Waals surface area contributed by atoms with Crippen molar-refractivity contribution in [1.29, 1.82) is 0 Å². The predicted octanol–water partition coefficient (Wildman–Crippen LogP) is 3.84. The molecule has 0 unspecified atom stereocenters. The van der Waals surface area contributed by atoms with Crippen molar-refractivity contribution in [1.82, 2.24) is 0 Å². The van der Waals surface area contributed by atoms with E-state index in [1.165, 1.54) is 13.2 Å². The molecule has 0 aromatic heterocycles. The van der Waals surface area contributed by atoms with Crippen LogP contribution < -0.4 is 10.6 Å². The maximum absolute atomic E-state index is 12.1. The molecule has 0 saturated heterocycles. The molecular weight excluding hydrogens is 332 g/mol. The molecule has 0 atom stereocenters. The number of carbonyl (C=O) groups excluding carboxylic acids is 2. The van der Waals surface area contributed by atoms with Crippen LogP contribution in [0.1, 0.15) is 11.1 Å². The maximum atomic E-state index is 12.1. The number of methoxy groups -OCH3 is 1. The Balaban J connectivity index is 1.91. The molecule has 6 heteroatoms. The lowest BCUT2D eigenvalue weighted by molar-refractivity contribution is -0.111. The van der Waals surface area contributed by atoms with Crippen molar-refractivity contribution in [2.75, 3.05) is 31.0 Å². The summed E-state index contributed by atoms with van der Waals surface area (Å²) in [5, 5.41) is 5.35. The Bertz CT molecular complexity index is 787. The van der Waals surface area contributed by atoms with E-state index in [0.717, 1.165) is 11.1 Å². The first-order valence-corrected chi connectivity index (χ1v) is 8.15. The first kappa shape index (κ1) is 19.2. The van der Waals surface area contributed by atoms with Crippen LogP contribution in [0.5, 0.6) is 0 Å². The molecule has 0 spiro atoms. The third kappa shape index (κ3) is 6.78. The zero-order chi connectivity index (χ0) is 18.8. The highest BCUT2D eigenvalue weighted by Gasteiger charge is 2.04. The van der Waals surface area contributed by atoms with Crippen LogP contribution in [-0.4, -0.2) is 32.3 Å². The number of anilines is 2.